The number of rotatable bonds is 2. The number of nitrogens with two attached hydrogens (primary N) is 1. The van der Waals surface area contributed by atoms with E-state index in [-0.39, 0.29) is 11.6 Å². The fourth-order valence-corrected chi connectivity index (χ4v) is 2.03. The van der Waals surface area contributed by atoms with Gasteiger partial charge in [-0.2, -0.15) is 5.26 Å². The van der Waals surface area contributed by atoms with E-state index < -0.39 is 0 Å². The van der Waals surface area contributed by atoms with Crippen molar-refractivity contribution in [2.45, 2.75) is 38.0 Å². The molecule has 15 heavy (non-hydrogen) atoms. The Morgan fingerprint density at radius 2 is 2.13 bits per heavy atom. The molecule has 5 nitrogen and oxygen atoms in total. The normalized spacial score (nSPS) is 17.3. The molecular weight excluding hydrogens is 192 g/mol. The monoisotopic (exact) mass is 206 g/mol. The van der Waals surface area contributed by atoms with Crippen LogP contribution < -0.4 is 11.3 Å². The number of nitrogens with one attached hydrogen (secondary N) is 1. The lowest BCUT2D eigenvalue weighted by molar-refractivity contribution is 0.367. The molecule has 0 aromatic carbocycles. The van der Waals surface area contributed by atoms with Crippen molar-refractivity contribution < 1.29 is 4.42 Å². The molecule has 2 rings (SSSR count). The number of nitrogen functional groups attached to an aromatic ring is 1. The largest absolute Gasteiger partial charge is 0.422 e. The second-order valence-corrected chi connectivity index (χ2v) is 3.82. The third kappa shape index (κ3) is 1.95. The number of aromatic nitrogens is 1. The van der Waals surface area contributed by atoms with Crippen LogP contribution in [-0.4, -0.2) is 4.98 Å². The molecular formula is C10H14N4O. The van der Waals surface area contributed by atoms with Crippen LogP contribution in [0.2, 0.25) is 0 Å². The Balaban J connectivity index is 2.21. The predicted octanol–water partition coefficient (Wildman–Crippen LogP) is 1.88. The van der Waals surface area contributed by atoms with E-state index >= 15 is 0 Å². The molecule has 0 amide bonds. The maximum absolute atomic E-state index is 8.79. The first kappa shape index (κ1) is 9.99. The molecule has 0 unspecified atom stereocenters. The van der Waals surface area contributed by atoms with Crippen LogP contribution in [0.3, 0.4) is 0 Å². The summed E-state index contributed by atoms with van der Waals surface area (Å²) in [6.45, 7) is 0. The van der Waals surface area contributed by atoms with E-state index in [1.807, 2.05) is 6.07 Å². The summed E-state index contributed by atoms with van der Waals surface area (Å²) in [5.74, 6) is 6.52. The molecule has 1 aliphatic rings. The summed E-state index contributed by atoms with van der Waals surface area (Å²) in [5.41, 5.74) is 2.60. The number of hydrazine groups is 1. The van der Waals surface area contributed by atoms with Gasteiger partial charge in [0.2, 0.25) is 17.5 Å². The van der Waals surface area contributed by atoms with Gasteiger partial charge in [0.15, 0.2) is 0 Å². The van der Waals surface area contributed by atoms with Crippen molar-refractivity contribution in [3.8, 4) is 6.07 Å². The number of nitriles is 1. The van der Waals surface area contributed by atoms with Crippen LogP contribution in [0, 0.1) is 11.3 Å². The van der Waals surface area contributed by atoms with E-state index in [9.17, 15) is 0 Å². The van der Waals surface area contributed by atoms with Gasteiger partial charge in [-0.25, -0.2) is 10.8 Å². The van der Waals surface area contributed by atoms with Gasteiger partial charge in [-0.3, -0.25) is 5.43 Å². The van der Waals surface area contributed by atoms with Gasteiger partial charge >= 0.3 is 0 Å². The number of anilines is 1. The zero-order chi connectivity index (χ0) is 10.7. The first-order valence-electron chi connectivity index (χ1n) is 5.22. The van der Waals surface area contributed by atoms with Crippen molar-refractivity contribution >= 4 is 5.88 Å². The molecule has 1 aliphatic carbocycles. The van der Waals surface area contributed by atoms with E-state index in [1.165, 1.54) is 19.3 Å². The standard InChI is InChI=1S/C10H14N4O/c11-6-8-10(14-12)15-9(13-8)7-4-2-1-3-5-7/h7,14H,1-5,12H2. The third-order valence-corrected chi connectivity index (χ3v) is 2.84. The molecule has 1 fully saturated rings. The van der Waals surface area contributed by atoms with Gasteiger partial charge < -0.3 is 4.42 Å². The maximum atomic E-state index is 8.79. The van der Waals surface area contributed by atoms with Crippen LogP contribution in [0.25, 0.3) is 0 Å². The van der Waals surface area contributed by atoms with Crippen LogP contribution in [-0.2, 0) is 0 Å². The molecule has 0 aliphatic heterocycles. The van der Waals surface area contributed by atoms with Crippen LogP contribution in [0.4, 0.5) is 5.88 Å². The molecule has 0 bridgehead atoms. The lowest BCUT2D eigenvalue weighted by Crippen LogP contribution is -2.07. The van der Waals surface area contributed by atoms with E-state index in [0.29, 0.717) is 11.8 Å². The Labute approximate surface area is 88.2 Å². The van der Waals surface area contributed by atoms with Gasteiger partial charge in [0.1, 0.15) is 6.07 Å². The molecule has 1 aromatic rings. The Hall–Kier alpha value is -1.54. The van der Waals surface area contributed by atoms with Gasteiger partial charge in [0, 0.05) is 5.92 Å². The highest BCUT2D eigenvalue weighted by Crippen LogP contribution is 2.33. The summed E-state index contributed by atoms with van der Waals surface area (Å²) in [6, 6.07) is 1.96. The fraction of sp³-hybridized carbons (Fsp3) is 0.600. The number of hydrogen-bond donors (Lipinski definition) is 2. The molecule has 1 aromatic heterocycles. The molecule has 1 heterocycles. The lowest BCUT2D eigenvalue weighted by Gasteiger charge is -2.17. The van der Waals surface area contributed by atoms with Crippen molar-refractivity contribution in [1.82, 2.24) is 4.98 Å². The highest BCUT2D eigenvalue weighted by Gasteiger charge is 2.22. The van der Waals surface area contributed by atoms with Gasteiger partial charge in [-0.15, -0.1) is 0 Å². The molecule has 3 N–H and O–H groups in total. The van der Waals surface area contributed by atoms with Gasteiger partial charge in [0.05, 0.1) is 0 Å². The smallest absolute Gasteiger partial charge is 0.246 e. The highest BCUT2D eigenvalue weighted by atomic mass is 16.4. The topological polar surface area (TPSA) is 87.9 Å². The molecule has 0 atom stereocenters. The van der Waals surface area contributed by atoms with Crippen molar-refractivity contribution in [3.05, 3.63) is 11.6 Å². The summed E-state index contributed by atoms with van der Waals surface area (Å²) in [6.07, 6.45) is 5.88. The minimum absolute atomic E-state index is 0.248. The van der Waals surface area contributed by atoms with Crippen molar-refractivity contribution in [1.29, 1.82) is 5.26 Å². The SMILES string of the molecule is N#Cc1nc(C2CCCCC2)oc1NN. The molecule has 0 radical (unpaired) electrons. The van der Waals surface area contributed by atoms with E-state index in [2.05, 4.69) is 10.4 Å². The number of oxazole rings is 1. The maximum Gasteiger partial charge on any atom is 0.246 e. The van der Waals surface area contributed by atoms with Gasteiger partial charge in [0.25, 0.3) is 0 Å². The second-order valence-electron chi connectivity index (χ2n) is 3.82. The molecule has 0 saturated heterocycles. The van der Waals surface area contributed by atoms with Crippen molar-refractivity contribution in [2.75, 3.05) is 5.43 Å². The van der Waals surface area contributed by atoms with E-state index in [0.717, 1.165) is 12.8 Å². The Bertz CT molecular complexity index is 373. The predicted molar refractivity (Wildman–Crippen MR) is 54.9 cm³/mol. The van der Waals surface area contributed by atoms with Crippen molar-refractivity contribution in [3.63, 3.8) is 0 Å². The summed E-state index contributed by atoms with van der Waals surface area (Å²) in [5, 5.41) is 8.79. The minimum Gasteiger partial charge on any atom is -0.422 e. The highest BCUT2D eigenvalue weighted by molar-refractivity contribution is 5.44. The van der Waals surface area contributed by atoms with E-state index in [4.69, 9.17) is 15.5 Å². The fourth-order valence-electron chi connectivity index (χ4n) is 2.03. The molecule has 1 saturated carbocycles. The van der Waals surface area contributed by atoms with Crippen molar-refractivity contribution in [2.24, 2.45) is 5.84 Å². The summed E-state index contributed by atoms with van der Waals surface area (Å²) >= 11 is 0. The Morgan fingerprint density at radius 3 is 2.67 bits per heavy atom. The summed E-state index contributed by atoms with van der Waals surface area (Å²) < 4.78 is 5.42. The van der Waals surface area contributed by atoms with Crippen LogP contribution >= 0.6 is 0 Å². The Morgan fingerprint density at radius 1 is 1.40 bits per heavy atom. The quantitative estimate of drug-likeness (QED) is 0.569. The zero-order valence-electron chi connectivity index (χ0n) is 8.49. The average molecular weight is 206 g/mol. The number of hydrogen-bond acceptors (Lipinski definition) is 5. The molecule has 0 spiro atoms. The first-order chi connectivity index (χ1) is 7.35. The second kappa shape index (κ2) is 4.32. The van der Waals surface area contributed by atoms with Gasteiger partial charge in [-0.05, 0) is 12.8 Å². The summed E-state index contributed by atoms with van der Waals surface area (Å²) in [7, 11) is 0. The zero-order valence-corrected chi connectivity index (χ0v) is 8.49. The Kier molecular flexibility index (Phi) is 2.88. The van der Waals surface area contributed by atoms with Crippen LogP contribution in [0.1, 0.15) is 49.6 Å². The van der Waals surface area contributed by atoms with Gasteiger partial charge in [-0.1, -0.05) is 19.3 Å². The number of nitrogens with zero attached hydrogens (tertiary/aromatic N) is 2. The minimum atomic E-state index is 0.248. The van der Waals surface area contributed by atoms with E-state index in [1.54, 1.807) is 0 Å². The summed E-state index contributed by atoms with van der Waals surface area (Å²) in [4.78, 5) is 4.15. The third-order valence-electron chi connectivity index (χ3n) is 2.84. The molecule has 5 heteroatoms. The molecule has 80 valence electrons. The van der Waals surface area contributed by atoms with Crippen LogP contribution in [0.5, 0.6) is 0 Å². The average Bonchev–Trinajstić information content (AvgIpc) is 2.73. The lowest BCUT2D eigenvalue weighted by atomic mass is 9.89. The van der Waals surface area contributed by atoms with Crippen LogP contribution in [0.15, 0.2) is 4.42 Å². The first-order valence-corrected chi connectivity index (χ1v) is 5.22.